The molecule has 1 saturated carbocycles. The second-order valence-corrected chi connectivity index (χ2v) is 5.32. The van der Waals surface area contributed by atoms with Gasteiger partial charge in [-0.2, -0.15) is 0 Å². The van der Waals surface area contributed by atoms with Gasteiger partial charge < -0.3 is 10.4 Å². The van der Waals surface area contributed by atoms with Crippen LogP contribution in [0, 0.1) is 23.5 Å². The van der Waals surface area contributed by atoms with Gasteiger partial charge in [-0.3, -0.25) is 9.59 Å². The predicted molar refractivity (Wildman–Crippen MR) is 71.8 cm³/mol. The van der Waals surface area contributed by atoms with Crippen molar-refractivity contribution in [2.75, 3.05) is 6.54 Å². The quantitative estimate of drug-likeness (QED) is 0.897. The summed E-state index contributed by atoms with van der Waals surface area (Å²) in [6.07, 6.45) is 3.08. The summed E-state index contributed by atoms with van der Waals surface area (Å²) in [5.74, 6) is -3.74. The van der Waals surface area contributed by atoms with Crippen molar-refractivity contribution in [1.29, 1.82) is 0 Å². The Morgan fingerprint density at radius 1 is 1.24 bits per heavy atom. The van der Waals surface area contributed by atoms with E-state index in [2.05, 4.69) is 5.32 Å². The van der Waals surface area contributed by atoms with Gasteiger partial charge >= 0.3 is 5.97 Å². The molecule has 0 spiro atoms. The van der Waals surface area contributed by atoms with Crippen LogP contribution in [0.1, 0.15) is 36.0 Å². The number of amides is 1. The van der Waals surface area contributed by atoms with Crippen molar-refractivity contribution in [3.05, 3.63) is 35.4 Å². The van der Waals surface area contributed by atoms with Gasteiger partial charge in [0.1, 0.15) is 11.6 Å². The van der Waals surface area contributed by atoms with Crippen molar-refractivity contribution in [2.24, 2.45) is 11.8 Å². The van der Waals surface area contributed by atoms with E-state index in [4.69, 9.17) is 5.11 Å². The molecule has 1 aliphatic carbocycles. The summed E-state index contributed by atoms with van der Waals surface area (Å²) in [6.45, 7) is 0.158. The fourth-order valence-corrected chi connectivity index (χ4v) is 2.77. The lowest BCUT2D eigenvalue weighted by molar-refractivity contribution is -0.144. The zero-order valence-electron chi connectivity index (χ0n) is 11.4. The number of hydrogen-bond donors (Lipinski definition) is 2. The number of hydrogen-bond acceptors (Lipinski definition) is 2. The maximum atomic E-state index is 13.5. The molecule has 2 unspecified atom stereocenters. The van der Waals surface area contributed by atoms with Crippen molar-refractivity contribution in [2.45, 2.75) is 25.7 Å². The van der Waals surface area contributed by atoms with Crippen molar-refractivity contribution in [3.63, 3.8) is 0 Å². The highest BCUT2D eigenvalue weighted by atomic mass is 19.1. The van der Waals surface area contributed by atoms with Gasteiger partial charge in [-0.15, -0.1) is 0 Å². The van der Waals surface area contributed by atoms with Crippen LogP contribution in [0.5, 0.6) is 0 Å². The lowest BCUT2D eigenvalue weighted by atomic mass is 9.79. The summed E-state index contributed by atoms with van der Waals surface area (Å²) in [7, 11) is 0. The molecule has 4 nitrogen and oxygen atoms in total. The zero-order valence-corrected chi connectivity index (χ0v) is 11.4. The zero-order chi connectivity index (χ0) is 15.4. The topological polar surface area (TPSA) is 66.4 Å². The van der Waals surface area contributed by atoms with E-state index >= 15 is 0 Å². The lowest BCUT2D eigenvalue weighted by Gasteiger charge is -2.28. The third-order valence-corrected chi connectivity index (χ3v) is 3.92. The van der Waals surface area contributed by atoms with Crippen molar-refractivity contribution in [1.82, 2.24) is 5.32 Å². The fraction of sp³-hybridized carbons (Fsp3) is 0.467. The highest BCUT2D eigenvalue weighted by Gasteiger charge is 2.31. The van der Waals surface area contributed by atoms with Crippen LogP contribution < -0.4 is 5.32 Å². The van der Waals surface area contributed by atoms with E-state index in [-0.39, 0.29) is 18.0 Å². The van der Waals surface area contributed by atoms with Gasteiger partial charge in [-0.25, -0.2) is 8.78 Å². The minimum Gasteiger partial charge on any atom is -0.481 e. The molecule has 0 radical (unpaired) electrons. The summed E-state index contributed by atoms with van der Waals surface area (Å²) < 4.78 is 26.5. The molecule has 2 rings (SSSR count). The average molecular weight is 297 g/mol. The first kappa shape index (κ1) is 15.4. The van der Waals surface area contributed by atoms with Crippen molar-refractivity contribution >= 4 is 11.9 Å². The van der Waals surface area contributed by atoms with E-state index in [9.17, 15) is 18.4 Å². The Hall–Kier alpha value is -1.98. The number of rotatable bonds is 4. The van der Waals surface area contributed by atoms with Crippen LogP contribution >= 0.6 is 0 Å². The van der Waals surface area contributed by atoms with Gasteiger partial charge in [0.15, 0.2) is 0 Å². The Morgan fingerprint density at radius 2 is 1.95 bits per heavy atom. The Kier molecular flexibility index (Phi) is 4.88. The lowest BCUT2D eigenvalue weighted by Crippen LogP contribution is -2.37. The van der Waals surface area contributed by atoms with Crippen LogP contribution in [-0.4, -0.2) is 23.5 Å². The monoisotopic (exact) mass is 297 g/mol. The average Bonchev–Trinajstić information content (AvgIpc) is 2.47. The second kappa shape index (κ2) is 6.65. The van der Waals surface area contributed by atoms with Crippen LogP contribution in [0.15, 0.2) is 18.2 Å². The van der Waals surface area contributed by atoms with Gasteiger partial charge in [-0.1, -0.05) is 12.8 Å². The van der Waals surface area contributed by atoms with E-state index in [1.54, 1.807) is 0 Å². The minimum atomic E-state index is -0.870. The van der Waals surface area contributed by atoms with Gasteiger partial charge in [-0.05, 0) is 37.0 Å². The fourth-order valence-electron chi connectivity index (χ4n) is 2.77. The molecule has 2 atom stereocenters. The minimum absolute atomic E-state index is 0.158. The second-order valence-electron chi connectivity index (χ2n) is 5.32. The standard InChI is InChI=1S/C15H17F2NO3/c16-10-5-6-13(17)12(7-10)14(19)18-8-9-3-1-2-4-11(9)15(20)21/h5-7,9,11H,1-4,8H2,(H,18,19)(H,20,21). The number of carboxylic acid groups (broad SMARTS) is 1. The first-order chi connectivity index (χ1) is 9.99. The molecule has 1 amide bonds. The number of halogens is 2. The molecule has 1 aliphatic rings. The molecule has 0 heterocycles. The maximum absolute atomic E-state index is 13.5. The third-order valence-electron chi connectivity index (χ3n) is 3.92. The number of nitrogens with one attached hydrogen (secondary N) is 1. The Labute approximate surface area is 121 Å². The predicted octanol–water partition coefficient (Wildman–Crippen LogP) is 2.59. The highest BCUT2D eigenvalue weighted by molar-refractivity contribution is 5.94. The summed E-state index contributed by atoms with van der Waals surface area (Å²) in [4.78, 5) is 23.0. The largest absolute Gasteiger partial charge is 0.481 e. The third kappa shape index (κ3) is 3.77. The van der Waals surface area contributed by atoms with E-state index < -0.39 is 29.4 Å². The molecule has 0 aromatic heterocycles. The number of carboxylic acids is 1. The summed E-state index contributed by atoms with van der Waals surface area (Å²) >= 11 is 0. The van der Waals surface area contributed by atoms with Gasteiger partial charge in [0.25, 0.3) is 5.91 Å². The number of carbonyl (C=O) groups excluding carboxylic acids is 1. The van der Waals surface area contributed by atoms with Crippen LogP contribution in [0.3, 0.4) is 0 Å². The van der Waals surface area contributed by atoms with Crippen molar-refractivity contribution < 1.29 is 23.5 Å². The summed E-state index contributed by atoms with van der Waals surface area (Å²) in [5.41, 5.74) is -0.363. The molecule has 1 aromatic carbocycles. The SMILES string of the molecule is O=C(NCC1CCCCC1C(=O)O)c1cc(F)ccc1F. The Balaban J connectivity index is 1.99. The molecular weight excluding hydrogens is 280 g/mol. The molecule has 1 fully saturated rings. The molecule has 114 valence electrons. The van der Waals surface area contributed by atoms with Gasteiger partial charge in [0.2, 0.25) is 0 Å². The van der Waals surface area contributed by atoms with Crippen LogP contribution in [0.25, 0.3) is 0 Å². The normalized spacial score (nSPS) is 21.8. The summed E-state index contributed by atoms with van der Waals surface area (Å²) in [5, 5.41) is 11.7. The molecule has 6 heteroatoms. The van der Waals surface area contributed by atoms with E-state index in [1.165, 1.54) is 0 Å². The molecule has 0 aliphatic heterocycles. The van der Waals surface area contributed by atoms with E-state index in [0.717, 1.165) is 31.0 Å². The molecule has 21 heavy (non-hydrogen) atoms. The molecular formula is C15H17F2NO3. The molecule has 2 N–H and O–H groups in total. The van der Waals surface area contributed by atoms with Crippen LogP contribution in [0.4, 0.5) is 8.78 Å². The smallest absolute Gasteiger partial charge is 0.306 e. The van der Waals surface area contributed by atoms with Gasteiger partial charge in [0, 0.05) is 6.54 Å². The summed E-state index contributed by atoms with van der Waals surface area (Å²) in [6, 6.07) is 2.67. The van der Waals surface area contributed by atoms with Crippen LogP contribution in [0.2, 0.25) is 0 Å². The number of carbonyl (C=O) groups is 2. The Morgan fingerprint density at radius 3 is 2.67 bits per heavy atom. The molecule has 0 saturated heterocycles. The van der Waals surface area contributed by atoms with E-state index in [1.807, 2.05) is 0 Å². The first-order valence-electron chi connectivity index (χ1n) is 6.95. The van der Waals surface area contributed by atoms with E-state index in [0.29, 0.717) is 12.8 Å². The first-order valence-corrected chi connectivity index (χ1v) is 6.95. The Bertz CT molecular complexity index is 548. The highest BCUT2D eigenvalue weighted by Crippen LogP contribution is 2.29. The molecule has 0 bridgehead atoms. The number of benzene rings is 1. The van der Waals surface area contributed by atoms with Gasteiger partial charge in [0.05, 0.1) is 11.5 Å². The van der Waals surface area contributed by atoms with Crippen molar-refractivity contribution in [3.8, 4) is 0 Å². The number of aliphatic carboxylic acids is 1. The maximum Gasteiger partial charge on any atom is 0.306 e. The molecule has 1 aromatic rings. The van der Waals surface area contributed by atoms with Crippen LogP contribution in [-0.2, 0) is 4.79 Å².